The van der Waals surface area contributed by atoms with Crippen molar-refractivity contribution in [1.82, 2.24) is 0 Å². The molecule has 1 aromatic carbocycles. The zero-order chi connectivity index (χ0) is 12.3. The molecule has 0 saturated heterocycles. The maximum Gasteiger partial charge on any atom is 0.228 e. The van der Waals surface area contributed by atoms with Crippen LogP contribution in [-0.4, -0.2) is 18.2 Å². The van der Waals surface area contributed by atoms with Gasteiger partial charge in [0, 0.05) is 17.2 Å². The highest BCUT2D eigenvalue weighted by Gasteiger charge is 2.25. The Morgan fingerprint density at radius 1 is 1.18 bits per heavy atom. The third-order valence-corrected chi connectivity index (χ3v) is 2.40. The van der Waals surface area contributed by atoms with Crippen molar-refractivity contribution in [2.45, 2.75) is 6.92 Å². The lowest BCUT2D eigenvalue weighted by atomic mass is 9.94. The van der Waals surface area contributed by atoms with Crippen LogP contribution in [0.2, 0.25) is 0 Å². The van der Waals surface area contributed by atoms with Crippen LogP contribution >= 0.6 is 0 Å². The van der Waals surface area contributed by atoms with Crippen molar-refractivity contribution in [2.24, 2.45) is 0 Å². The van der Waals surface area contributed by atoms with Gasteiger partial charge in [0.2, 0.25) is 5.78 Å². The molecule has 1 aliphatic carbocycles. The van der Waals surface area contributed by atoms with Crippen molar-refractivity contribution >= 4 is 11.6 Å². The number of hydrogen-bond donors (Lipinski definition) is 0. The maximum atomic E-state index is 12.0. The second-order valence-electron chi connectivity index (χ2n) is 3.46. The molecular formula is C14H10O3. The lowest BCUT2D eigenvalue weighted by molar-refractivity contribution is 0.0903. The minimum Gasteiger partial charge on any atom is -0.477 e. The van der Waals surface area contributed by atoms with E-state index >= 15 is 0 Å². The van der Waals surface area contributed by atoms with Crippen LogP contribution in [0.3, 0.4) is 0 Å². The Morgan fingerprint density at radius 3 is 2.59 bits per heavy atom. The number of allylic oxidation sites excluding steroid dienone is 2. The Balaban J connectivity index is 2.31. The summed E-state index contributed by atoms with van der Waals surface area (Å²) in [7, 11) is 0. The predicted molar refractivity (Wildman–Crippen MR) is 62.6 cm³/mol. The van der Waals surface area contributed by atoms with Gasteiger partial charge in [-0.1, -0.05) is 30.2 Å². The lowest BCUT2D eigenvalue weighted by Gasteiger charge is -2.14. The van der Waals surface area contributed by atoms with E-state index in [1.807, 2.05) is 0 Å². The van der Waals surface area contributed by atoms with E-state index in [9.17, 15) is 9.59 Å². The summed E-state index contributed by atoms with van der Waals surface area (Å²) in [5.41, 5.74) is 0.811. The van der Waals surface area contributed by atoms with Gasteiger partial charge < -0.3 is 4.74 Å². The number of hydrogen-bond acceptors (Lipinski definition) is 3. The highest BCUT2D eigenvalue weighted by molar-refractivity contribution is 6.23. The van der Waals surface area contributed by atoms with E-state index in [1.165, 1.54) is 6.08 Å². The molecule has 3 nitrogen and oxygen atoms in total. The summed E-state index contributed by atoms with van der Waals surface area (Å²) in [6.07, 6.45) is 1.22. The van der Waals surface area contributed by atoms with Crippen molar-refractivity contribution in [2.75, 3.05) is 6.61 Å². The molecule has 0 heterocycles. The standard InChI is InChI=1S/C14H10O3/c1-2-3-8-17-13-9-12(15)10-6-4-5-7-11(10)14(13)16/h4-7,9H,8H2,1H3. The Hall–Kier alpha value is -2.34. The van der Waals surface area contributed by atoms with E-state index in [0.29, 0.717) is 11.1 Å². The van der Waals surface area contributed by atoms with Crippen LogP contribution in [0.1, 0.15) is 27.6 Å². The third kappa shape index (κ3) is 2.11. The monoisotopic (exact) mass is 226 g/mol. The van der Waals surface area contributed by atoms with Gasteiger partial charge in [-0.2, -0.15) is 0 Å². The Morgan fingerprint density at radius 2 is 1.88 bits per heavy atom. The molecule has 0 aromatic heterocycles. The smallest absolute Gasteiger partial charge is 0.228 e. The van der Waals surface area contributed by atoms with E-state index in [0.717, 1.165) is 0 Å². The van der Waals surface area contributed by atoms with Gasteiger partial charge in [-0.3, -0.25) is 9.59 Å². The number of ether oxygens (including phenoxy) is 1. The van der Waals surface area contributed by atoms with Gasteiger partial charge in [0.25, 0.3) is 0 Å². The van der Waals surface area contributed by atoms with Gasteiger partial charge in [-0.25, -0.2) is 0 Å². The molecule has 0 N–H and O–H groups in total. The summed E-state index contributed by atoms with van der Waals surface area (Å²) in [4.78, 5) is 23.7. The number of benzene rings is 1. The molecule has 1 aromatic rings. The summed E-state index contributed by atoms with van der Waals surface area (Å²) in [5.74, 6) is 4.92. The van der Waals surface area contributed by atoms with Crippen LogP contribution in [0.5, 0.6) is 0 Å². The van der Waals surface area contributed by atoms with Crippen LogP contribution in [0, 0.1) is 11.8 Å². The number of carbonyl (C=O) groups excluding carboxylic acids is 2. The van der Waals surface area contributed by atoms with E-state index in [2.05, 4.69) is 11.8 Å². The van der Waals surface area contributed by atoms with Gasteiger partial charge in [0.05, 0.1) is 0 Å². The molecule has 3 heteroatoms. The minimum absolute atomic E-state index is 0.0662. The molecule has 0 spiro atoms. The van der Waals surface area contributed by atoms with E-state index in [1.54, 1.807) is 31.2 Å². The van der Waals surface area contributed by atoms with Crippen LogP contribution in [0.15, 0.2) is 36.1 Å². The topological polar surface area (TPSA) is 43.4 Å². The van der Waals surface area contributed by atoms with Crippen molar-refractivity contribution in [3.05, 3.63) is 47.2 Å². The van der Waals surface area contributed by atoms with Crippen molar-refractivity contribution in [3.63, 3.8) is 0 Å². The molecule has 0 unspecified atom stereocenters. The van der Waals surface area contributed by atoms with Crippen LogP contribution in [0.25, 0.3) is 0 Å². The van der Waals surface area contributed by atoms with Crippen molar-refractivity contribution < 1.29 is 14.3 Å². The number of carbonyl (C=O) groups is 2. The summed E-state index contributed by atoms with van der Waals surface area (Å²) in [6.45, 7) is 1.80. The molecule has 0 saturated carbocycles. The molecule has 0 fully saturated rings. The molecule has 0 radical (unpaired) electrons. The summed E-state index contributed by atoms with van der Waals surface area (Å²) in [6, 6.07) is 6.71. The molecular weight excluding hydrogens is 216 g/mol. The number of ketones is 2. The van der Waals surface area contributed by atoms with Crippen LogP contribution < -0.4 is 0 Å². The van der Waals surface area contributed by atoms with E-state index in [4.69, 9.17) is 4.74 Å². The summed E-state index contributed by atoms with van der Waals surface area (Å²) >= 11 is 0. The Kier molecular flexibility index (Phi) is 3.06. The molecule has 84 valence electrons. The molecule has 0 aliphatic heterocycles. The Labute approximate surface area is 99.1 Å². The van der Waals surface area contributed by atoms with E-state index in [-0.39, 0.29) is 23.9 Å². The Bertz CT molecular complexity index is 571. The predicted octanol–water partition coefficient (Wildman–Crippen LogP) is 1.99. The SMILES string of the molecule is CC#CCOC1=CC(=O)c2ccccc2C1=O. The summed E-state index contributed by atoms with van der Waals surface area (Å²) < 4.78 is 5.18. The van der Waals surface area contributed by atoms with E-state index < -0.39 is 0 Å². The molecule has 0 amide bonds. The molecule has 1 aliphatic rings. The fraction of sp³-hybridized carbons (Fsp3) is 0.143. The molecule has 0 bridgehead atoms. The first kappa shape index (κ1) is 11.2. The largest absolute Gasteiger partial charge is 0.477 e. The number of rotatable bonds is 2. The van der Waals surface area contributed by atoms with Crippen LogP contribution in [0.4, 0.5) is 0 Å². The second kappa shape index (κ2) is 4.67. The molecule has 0 atom stereocenters. The van der Waals surface area contributed by atoms with Gasteiger partial charge in [0.1, 0.15) is 6.61 Å². The second-order valence-corrected chi connectivity index (χ2v) is 3.46. The highest BCUT2D eigenvalue weighted by atomic mass is 16.5. The van der Waals surface area contributed by atoms with Crippen molar-refractivity contribution in [3.8, 4) is 11.8 Å². The summed E-state index contributed by atoms with van der Waals surface area (Å²) in [5, 5.41) is 0. The zero-order valence-corrected chi connectivity index (χ0v) is 9.32. The quantitative estimate of drug-likeness (QED) is 0.724. The first-order valence-corrected chi connectivity index (χ1v) is 5.16. The average Bonchev–Trinajstić information content (AvgIpc) is 2.36. The zero-order valence-electron chi connectivity index (χ0n) is 9.32. The average molecular weight is 226 g/mol. The minimum atomic E-state index is -0.266. The first-order chi connectivity index (χ1) is 8.24. The first-order valence-electron chi connectivity index (χ1n) is 5.16. The fourth-order valence-corrected chi connectivity index (χ4v) is 1.58. The van der Waals surface area contributed by atoms with Crippen molar-refractivity contribution in [1.29, 1.82) is 0 Å². The van der Waals surface area contributed by atoms with Gasteiger partial charge in [-0.05, 0) is 6.92 Å². The van der Waals surface area contributed by atoms with Gasteiger partial charge in [-0.15, -0.1) is 5.92 Å². The van der Waals surface area contributed by atoms with Gasteiger partial charge >= 0.3 is 0 Å². The highest BCUT2D eigenvalue weighted by Crippen LogP contribution is 2.21. The normalized spacial score (nSPS) is 13.4. The third-order valence-electron chi connectivity index (χ3n) is 2.40. The fourth-order valence-electron chi connectivity index (χ4n) is 1.58. The van der Waals surface area contributed by atoms with Gasteiger partial charge in [0.15, 0.2) is 11.5 Å². The van der Waals surface area contributed by atoms with Crippen LogP contribution in [-0.2, 0) is 4.74 Å². The lowest BCUT2D eigenvalue weighted by Crippen LogP contribution is -2.18. The number of Topliss-reactive ketones (excluding diaryl/α,β-unsaturated/α-hetero) is 1. The molecule has 2 rings (SSSR count). The molecule has 17 heavy (non-hydrogen) atoms. The maximum absolute atomic E-state index is 12.0. The number of fused-ring (bicyclic) bond motifs is 1.